The van der Waals surface area contributed by atoms with Gasteiger partial charge >= 0.3 is 0 Å². The fourth-order valence-electron chi connectivity index (χ4n) is 4.06. The standard InChI is InChI=1S/C21H32N2O3S/c1-16(2)14-20(25)23-11-9-21(10-12-23)8-7-17(26-21)15-22-19(24)6-5-18-4-3-13-27-18/h3-4,13,16-17H,5-12,14-15H2,1-2H3,(H,22,24)/t17-/m1/s1. The summed E-state index contributed by atoms with van der Waals surface area (Å²) >= 11 is 1.70. The zero-order chi connectivity index (χ0) is 19.3. The van der Waals surface area contributed by atoms with Gasteiger partial charge in [0.05, 0.1) is 11.7 Å². The van der Waals surface area contributed by atoms with Gasteiger partial charge in [-0.25, -0.2) is 0 Å². The van der Waals surface area contributed by atoms with Gasteiger partial charge in [0.1, 0.15) is 0 Å². The number of piperidine rings is 1. The number of nitrogens with zero attached hydrogens (tertiary/aromatic N) is 1. The first-order chi connectivity index (χ1) is 13.0. The summed E-state index contributed by atoms with van der Waals surface area (Å²) in [6.07, 6.45) is 5.94. The van der Waals surface area contributed by atoms with Gasteiger partial charge in [0, 0.05) is 37.4 Å². The average molecular weight is 393 g/mol. The second kappa shape index (κ2) is 9.20. The van der Waals surface area contributed by atoms with Crippen LogP contribution in [-0.2, 0) is 20.7 Å². The van der Waals surface area contributed by atoms with Crippen LogP contribution in [-0.4, -0.2) is 48.1 Å². The number of thiophene rings is 1. The van der Waals surface area contributed by atoms with Gasteiger partial charge in [0.25, 0.3) is 0 Å². The van der Waals surface area contributed by atoms with Crippen molar-refractivity contribution in [3.05, 3.63) is 22.4 Å². The summed E-state index contributed by atoms with van der Waals surface area (Å²) in [6.45, 7) is 6.36. The van der Waals surface area contributed by atoms with Gasteiger partial charge < -0.3 is 15.0 Å². The van der Waals surface area contributed by atoms with Crippen molar-refractivity contribution in [1.29, 1.82) is 0 Å². The molecule has 0 bridgehead atoms. The predicted molar refractivity (Wildman–Crippen MR) is 108 cm³/mol. The summed E-state index contributed by atoms with van der Waals surface area (Å²) in [5, 5.41) is 5.08. The van der Waals surface area contributed by atoms with Crippen LogP contribution in [0.15, 0.2) is 17.5 Å². The van der Waals surface area contributed by atoms with E-state index in [0.717, 1.165) is 45.2 Å². The van der Waals surface area contributed by atoms with Gasteiger partial charge in [-0.2, -0.15) is 0 Å². The molecule has 3 rings (SSSR count). The van der Waals surface area contributed by atoms with E-state index in [9.17, 15) is 9.59 Å². The van der Waals surface area contributed by atoms with Crippen LogP contribution in [0.1, 0.15) is 57.2 Å². The summed E-state index contributed by atoms with van der Waals surface area (Å²) < 4.78 is 6.35. The molecule has 2 fully saturated rings. The number of hydrogen-bond donors (Lipinski definition) is 1. The van der Waals surface area contributed by atoms with Crippen LogP contribution in [0.25, 0.3) is 0 Å². The summed E-state index contributed by atoms with van der Waals surface area (Å²) in [6, 6.07) is 4.09. The van der Waals surface area contributed by atoms with Crippen molar-refractivity contribution in [2.45, 2.75) is 70.5 Å². The number of nitrogens with one attached hydrogen (secondary N) is 1. The maximum Gasteiger partial charge on any atom is 0.222 e. The lowest BCUT2D eigenvalue weighted by atomic mass is 9.88. The number of carbonyl (C=O) groups is 2. The van der Waals surface area contributed by atoms with Crippen LogP contribution in [0.4, 0.5) is 0 Å². The topological polar surface area (TPSA) is 58.6 Å². The Morgan fingerprint density at radius 3 is 2.78 bits per heavy atom. The van der Waals surface area contributed by atoms with E-state index < -0.39 is 0 Å². The monoisotopic (exact) mass is 392 g/mol. The number of likely N-dealkylation sites (tertiary alicyclic amines) is 1. The molecular formula is C21H32N2O3S. The van der Waals surface area contributed by atoms with Crippen LogP contribution < -0.4 is 5.32 Å². The molecule has 0 radical (unpaired) electrons. The van der Waals surface area contributed by atoms with Crippen molar-refractivity contribution < 1.29 is 14.3 Å². The normalized spacial score (nSPS) is 21.7. The lowest BCUT2D eigenvalue weighted by molar-refractivity contribution is -0.138. The van der Waals surface area contributed by atoms with Crippen LogP contribution in [0, 0.1) is 5.92 Å². The summed E-state index contributed by atoms with van der Waals surface area (Å²) in [7, 11) is 0. The molecule has 0 saturated carbocycles. The predicted octanol–water partition coefficient (Wildman–Crippen LogP) is 3.38. The Hall–Kier alpha value is -1.40. The fourth-order valence-corrected chi connectivity index (χ4v) is 4.77. The Morgan fingerprint density at radius 2 is 2.11 bits per heavy atom. The molecule has 0 unspecified atom stereocenters. The molecule has 2 aliphatic heterocycles. The number of hydrogen-bond acceptors (Lipinski definition) is 4. The van der Waals surface area contributed by atoms with E-state index in [1.165, 1.54) is 4.88 Å². The van der Waals surface area contributed by atoms with Crippen molar-refractivity contribution in [2.75, 3.05) is 19.6 Å². The molecule has 1 spiro atoms. The largest absolute Gasteiger partial charge is 0.370 e. The molecule has 150 valence electrons. The molecule has 27 heavy (non-hydrogen) atoms. The second-order valence-corrected chi connectivity index (χ2v) is 9.36. The van der Waals surface area contributed by atoms with Gasteiger partial charge in [-0.15, -0.1) is 11.3 Å². The molecule has 2 aliphatic rings. The highest BCUT2D eigenvalue weighted by Gasteiger charge is 2.43. The van der Waals surface area contributed by atoms with Gasteiger partial charge in [0.15, 0.2) is 0 Å². The highest BCUT2D eigenvalue weighted by molar-refractivity contribution is 7.09. The first kappa shape index (κ1) is 20.3. The third-order valence-corrected chi connectivity index (χ3v) is 6.59. The number of amides is 2. The minimum atomic E-state index is -0.0824. The Morgan fingerprint density at radius 1 is 1.33 bits per heavy atom. The Bertz CT molecular complexity index is 621. The van der Waals surface area contributed by atoms with Crippen LogP contribution >= 0.6 is 11.3 Å². The molecular weight excluding hydrogens is 360 g/mol. The van der Waals surface area contributed by atoms with E-state index in [-0.39, 0.29) is 23.5 Å². The van der Waals surface area contributed by atoms with E-state index in [1.54, 1.807) is 11.3 Å². The Labute approximate surface area is 166 Å². The molecule has 0 aromatic carbocycles. The Kier molecular flexibility index (Phi) is 6.93. The van der Waals surface area contributed by atoms with Crippen LogP contribution in [0.2, 0.25) is 0 Å². The van der Waals surface area contributed by atoms with Gasteiger partial charge in [-0.3, -0.25) is 9.59 Å². The highest BCUT2D eigenvalue weighted by Crippen LogP contribution is 2.38. The van der Waals surface area contributed by atoms with E-state index in [1.807, 2.05) is 16.3 Å². The molecule has 5 nitrogen and oxygen atoms in total. The van der Waals surface area contributed by atoms with Crippen LogP contribution in [0.5, 0.6) is 0 Å². The number of ether oxygens (including phenoxy) is 1. The van der Waals surface area contributed by atoms with Crippen molar-refractivity contribution in [3.63, 3.8) is 0 Å². The van der Waals surface area contributed by atoms with Crippen molar-refractivity contribution in [1.82, 2.24) is 10.2 Å². The summed E-state index contributed by atoms with van der Waals surface area (Å²) in [5.74, 6) is 0.776. The van der Waals surface area contributed by atoms with Crippen molar-refractivity contribution in [2.24, 2.45) is 5.92 Å². The van der Waals surface area contributed by atoms with E-state index in [2.05, 4.69) is 25.2 Å². The molecule has 2 amide bonds. The van der Waals surface area contributed by atoms with Gasteiger partial charge in [0.2, 0.25) is 11.8 Å². The molecule has 0 aliphatic carbocycles. The quantitative estimate of drug-likeness (QED) is 0.774. The molecule has 1 N–H and O–H groups in total. The lowest BCUT2D eigenvalue weighted by Gasteiger charge is -2.39. The first-order valence-electron chi connectivity index (χ1n) is 10.2. The summed E-state index contributed by atoms with van der Waals surface area (Å²) in [5.41, 5.74) is -0.0824. The molecule has 3 heterocycles. The number of aryl methyl sites for hydroxylation is 1. The second-order valence-electron chi connectivity index (χ2n) is 8.32. The van der Waals surface area contributed by atoms with Crippen LogP contribution in [0.3, 0.4) is 0 Å². The smallest absolute Gasteiger partial charge is 0.222 e. The Balaban J connectivity index is 1.36. The fraction of sp³-hybridized carbons (Fsp3) is 0.714. The molecule has 1 aromatic rings. The number of carbonyl (C=O) groups excluding carboxylic acids is 2. The molecule has 2 saturated heterocycles. The SMILES string of the molecule is CC(C)CC(=O)N1CCC2(CC[C@H](CNC(=O)CCc3cccs3)O2)CC1. The number of rotatable bonds is 7. The zero-order valence-corrected chi connectivity index (χ0v) is 17.4. The maximum atomic E-state index is 12.2. The van der Waals surface area contributed by atoms with E-state index >= 15 is 0 Å². The third kappa shape index (κ3) is 5.79. The first-order valence-corrected chi connectivity index (χ1v) is 11.1. The summed E-state index contributed by atoms with van der Waals surface area (Å²) in [4.78, 5) is 27.5. The van der Waals surface area contributed by atoms with E-state index in [4.69, 9.17) is 4.74 Å². The maximum absolute atomic E-state index is 12.2. The molecule has 1 aromatic heterocycles. The minimum Gasteiger partial charge on any atom is -0.370 e. The lowest BCUT2D eigenvalue weighted by Crippen LogP contribution is -2.47. The third-order valence-electron chi connectivity index (χ3n) is 5.65. The zero-order valence-electron chi connectivity index (χ0n) is 16.5. The average Bonchev–Trinajstić information content (AvgIpc) is 3.28. The van der Waals surface area contributed by atoms with E-state index in [0.29, 0.717) is 25.3 Å². The minimum absolute atomic E-state index is 0.0824. The molecule has 6 heteroatoms. The van der Waals surface area contributed by atoms with Crippen molar-refractivity contribution >= 4 is 23.2 Å². The molecule has 1 atom stereocenters. The van der Waals surface area contributed by atoms with Gasteiger partial charge in [-0.1, -0.05) is 19.9 Å². The van der Waals surface area contributed by atoms with Gasteiger partial charge in [-0.05, 0) is 49.5 Å². The highest BCUT2D eigenvalue weighted by atomic mass is 32.1. The van der Waals surface area contributed by atoms with Crippen molar-refractivity contribution in [3.8, 4) is 0 Å².